The van der Waals surface area contributed by atoms with Crippen LogP contribution in [-0.2, 0) is 0 Å². The second-order valence-corrected chi connectivity index (χ2v) is 3.76. The Balaban J connectivity index is 3.17. The Bertz CT molecular complexity index is 94.1. The van der Waals surface area contributed by atoms with E-state index in [0.29, 0.717) is 5.92 Å². The molecule has 13 heavy (non-hydrogen) atoms. The molecular weight excluding hydrogens is 164 g/mol. The standard InChI is InChI=1S/C11H24O2/c1-2-3-4-5-6-7-11(10-13)8-9-12/h11-13H,2-10H2,1H3. The van der Waals surface area contributed by atoms with Gasteiger partial charge in [0.15, 0.2) is 0 Å². The lowest BCUT2D eigenvalue weighted by Crippen LogP contribution is -2.07. The predicted molar refractivity (Wildman–Crippen MR) is 55.7 cm³/mol. The first kappa shape index (κ1) is 12.9. The molecule has 0 saturated carbocycles. The third-order valence-corrected chi connectivity index (χ3v) is 2.51. The lowest BCUT2D eigenvalue weighted by atomic mass is 9.98. The van der Waals surface area contributed by atoms with E-state index in [1.807, 2.05) is 0 Å². The van der Waals surface area contributed by atoms with E-state index in [1.165, 1.54) is 32.1 Å². The van der Waals surface area contributed by atoms with Crippen LogP contribution in [0.1, 0.15) is 51.9 Å². The Hall–Kier alpha value is -0.0800. The molecule has 0 spiro atoms. The fraction of sp³-hybridized carbons (Fsp3) is 1.00. The summed E-state index contributed by atoms with van der Waals surface area (Å²) in [6.45, 7) is 2.65. The van der Waals surface area contributed by atoms with Gasteiger partial charge < -0.3 is 10.2 Å². The summed E-state index contributed by atoms with van der Waals surface area (Å²) in [5, 5.41) is 17.6. The summed E-state index contributed by atoms with van der Waals surface area (Å²) in [6.07, 6.45) is 8.21. The number of hydrogen-bond donors (Lipinski definition) is 2. The van der Waals surface area contributed by atoms with E-state index in [4.69, 9.17) is 10.2 Å². The molecule has 0 heterocycles. The van der Waals surface area contributed by atoms with Gasteiger partial charge in [-0.25, -0.2) is 0 Å². The molecule has 0 aromatic carbocycles. The van der Waals surface area contributed by atoms with Crippen LogP contribution in [0.3, 0.4) is 0 Å². The van der Waals surface area contributed by atoms with Gasteiger partial charge in [0.2, 0.25) is 0 Å². The van der Waals surface area contributed by atoms with Gasteiger partial charge in [0.1, 0.15) is 0 Å². The van der Waals surface area contributed by atoms with Crippen LogP contribution in [0.4, 0.5) is 0 Å². The van der Waals surface area contributed by atoms with E-state index >= 15 is 0 Å². The molecule has 80 valence electrons. The highest BCUT2D eigenvalue weighted by Gasteiger charge is 2.05. The zero-order chi connectivity index (χ0) is 9.94. The summed E-state index contributed by atoms with van der Waals surface area (Å²) in [5.74, 6) is 0.326. The van der Waals surface area contributed by atoms with Crippen LogP contribution in [0, 0.1) is 5.92 Å². The topological polar surface area (TPSA) is 40.5 Å². The van der Waals surface area contributed by atoms with Crippen LogP contribution < -0.4 is 0 Å². The van der Waals surface area contributed by atoms with Crippen molar-refractivity contribution in [3.63, 3.8) is 0 Å². The van der Waals surface area contributed by atoms with E-state index in [1.54, 1.807) is 0 Å². The number of hydrogen-bond acceptors (Lipinski definition) is 2. The van der Waals surface area contributed by atoms with Crippen molar-refractivity contribution in [1.82, 2.24) is 0 Å². The molecule has 0 aromatic rings. The average Bonchev–Trinajstić information content (AvgIpc) is 2.16. The fourth-order valence-electron chi connectivity index (χ4n) is 1.55. The van der Waals surface area contributed by atoms with Crippen molar-refractivity contribution < 1.29 is 10.2 Å². The summed E-state index contributed by atoms with van der Waals surface area (Å²) in [5.41, 5.74) is 0. The predicted octanol–water partition coefficient (Wildman–Crippen LogP) is 2.34. The van der Waals surface area contributed by atoms with Gasteiger partial charge in [-0.05, 0) is 18.8 Å². The summed E-state index contributed by atoms with van der Waals surface area (Å²) >= 11 is 0. The Kier molecular flexibility index (Phi) is 9.94. The number of aliphatic hydroxyl groups is 2. The van der Waals surface area contributed by atoms with E-state index in [2.05, 4.69) is 6.92 Å². The van der Waals surface area contributed by atoms with Crippen LogP contribution in [0.5, 0.6) is 0 Å². The third kappa shape index (κ3) is 8.26. The molecule has 0 aromatic heterocycles. The van der Waals surface area contributed by atoms with E-state index in [0.717, 1.165) is 12.8 Å². The maximum atomic E-state index is 8.95. The fourth-order valence-corrected chi connectivity index (χ4v) is 1.55. The van der Waals surface area contributed by atoms with Crippen molar-refractivity contribution in [1.29, 1.82) is 0 Å². The van der Waals surface area contributed by atoms with Crippen LogP contribution in [0.25, 0.3) is 0 Å². The normalized spacial score (nSPS) is 13.2. The van der Waals surface area contributed by atoms with Gasteiger partial charge >= 0.3 is 0 Å². The molecule has 0 fully saturated rings. The quantitative estimate of drug-likeness (QED) is 0.545. The molecule has 0 aliphatic heterocycles. The molecule has 0 saturated heterocycles. The van der Waals surface area contributed by atoms with Crippen molar-refractivity contribution >= 4 is 0 Å². The largest absolute Gasteiger partial charge is 0.396 e. The first-order valence-electron chi connectivity index (χ1n) is 5.56. The molecule has 0 aliphatic rings. The highest BCUT2D eigenvalue weighted by Crippen LogP contribution is 2.13. The van der Waals surface area contributed by atoms with Crippen LogP contribution >= 0.6 is 0 Å². The molecule has 2 N–H and O–H groups in total. The molecule has 0 radical (unpaired) electrons. The van der Waals surface area contributed by atoms with Gasteiger partial charge in [-0.15, -0.1) is 0 Å². The van der Waals surface area contributed by atoms with Crippen molar-refractivity contribution in [2.45, 2.75) is 51.9 Å². The molecule has 1 atom stereocenters. The molecule has 0 aliphatic carbocycles. The smallest absolute Gasteiger partial charge is 0.0460 e. The minimum absolute atomic E-state index is 0.209. The molecule has 1 unspecified atom stereocenters. The molecule has 0 rings (SSSR count). The monoisotopic (exact) mass is 188 g/mol. The summed E-state index contributed by atoms with van der Waals surface area (Å²) in [7, 11) is 0. The lowest BCUT2D eigenvalue weighted by Gasteiger charge is -2.11. The van der Waals surface area contributed by atoms with Crippen LogP contribution in [0.15, 0.2) is 0 Å². The van der Waals surface area contributed by atoms with Crippen molar-refractivity contribution in [2.24, 2.45) is 5.92 Å². The number of rotatable bonds is 9. The zero-order valence-electron chi connectivity index (χ0n) is 8.84. The van der Waals surface area contributed by atoms with Gasteiger partial charge in [-0.2, -0.15) is 0 Å². The first-order valence-corrected chi connectivity index (χ1v) is 5.56. The van der Waals surface area contributed by atoms with Crippen molar-refractivity contribution in [2.75, 3.05) is 13.2 Å². The van der Waals surface area contributed by atoms with E-state index < -0.39 is 0 Å². The maximum Gasteiger partial charge on any atom is 0.0460 e. The van der Waals surface area contributed by atoms with Gasteiger partial charge in [0, 0.05) is 13.2 Å². The molecule has 0 bridgehead atoms. The summed E-state index contributed by atoms with van der Waals surface area (Å²) in [6, 6.07) is 0. The van der Waals surface area contributed by atoms with E-state index in [9.17, 15) is 0 Å². The Labute approximate surface area is 82.0 Å². The van der Waals surface area contributed by atoms with Gasteiger partial charge in [-0.3, -0.25) is 0 Å². The second kappa shape index (κ2) is 10.0. The van der Waals surface area contributed by atoms with Gasteiger partial charge in [0.25, 0.3) is 0 Å². The highest BCUT2D eigenvalue weighted by atomic mass is 16.3. The Morgan fingerprint density at radius 2 is 1.62 bits per heavy atom. The number of unbranched alkanes of at least 4 members (excludes halogenated alkanes) is 4. The highest BCUT2D eigenvalue weighted by molar-refractivity contribution is 4.57. The van der Waals surface area contributed by atoms with Crippen molar-refractivity contribution in [3.8, 4) is 0 Å². The summed E-state index contributed by atoms with van der Waals surface area (Å²) in [4.78, 5) is 0. The third-order valence-electron chi connectivity index (χ3n) is 2.51. The van der Waals surface area contributed by atoms with Crippen LogP contribution in [0.2, 0.25) is 0 Å². The summed E-state index contributed by atoms with van der Waals surface area (Å²) < 4.78 is 0. The molecule has 2 nitrogen and oxygen atoms in total. The van der Waals surface area contributed by atoms with E-state index in [-0.39, 0.29) is 13.2 Å². The number of aliphatic hydroxyl groups excluding tert-OH is 2. The second-order valence-electron chi connectivity index (χ2n) is 3.76. The van der Waals surface area contributed by atoms with Gasteiger partial charge in [-0.1, -0.05) is 39.0 Å². The van der Waals surface area contributed by atoms with Gasteiger partial charge in [0.05, 0.1) is 0 Å². The molecule has 0 amide bonds. The average molecular weight is 188 g/mol. The molecule has 2 heteroatoms. The SMILES string of the molecule is CCCCCCCC(CO)CCO. The minimum atomic E-state index is 0.209. The Morgan fingerprint density at radius 1 is 0.923 bits per heavy atom. The Morgan fingerprint density at radius 3 is 2.15 bits per heavy atom. The minimum Gasteiger partial charge on any atom is -0.396 e. The molecular formula is C11H24O2. The lowest BCUT2D eigenvalue weighted by molar-refractivity contribution is 0.174. The maximum absolute atomic E-state index is 8.95. The van der Waals surface area contributed by atoms with Crippen LogP contribution in [-0.4, -0.2) is 23.4 Å². The van der Waals surface area contributed by atoms with Crippen molar-refractivity contribution in [3.05, 3.63) is 0 Å². The first-order chi connectivity index (χ1) is 6.35. The zero-order valence-corrected chi connectivity index (χ0v) is 8.84.